The van der Waals surface area contributed by atoms with Gasteiger partial charge in [-0.3, -0.25) is 4.79 Å². The highest BCUT2D eigenvalue weighted by atomic mass is 19.4. The van der Waals surface area contributed by atoms with E-state index < -0.39 is 23.2 Å². The fourth-order valence-corrected chi connectivity index (χ4v) is 2.34. The van der Waals surface area contributed by atoms with Gasteiger partial charge in [0.05, 0.1) is 11.1 Å². The second-order valence-electron chi connectivity index (χ2n) is 5.45. The zero-order valence-electron chi connectivity index (χ0n) is 13.9. The van der Waals surface area contributed by atoms with Crippen LogP contribution in [-0.2, 0) is 6.18 Å². The predicted octanol–water partition coefficient (Wildman–Crippen LogP) is 2.52. The second-order valence-corrected chi connectivity index (χ2v) is 5.45. The molecule has 0 aliphatic carbocycles. The first-order valence-corrected chi connectivity index (χ1v) is 7.97. The molecule has 3 aromatic rings. The van der Waals surface area contributed by atoms with Gasteiger partial charge in [0.1, 0.15) is 5.82 Å². The third kappa shape index (κ3) is 4.60. The predicted molar refractivity (Wildman–Crippen MR) is 91.4 cm³/mol. The summed E-state index contributed by atoms with van der Waals surface area (Å²) in [4.78, 5) is 12.0. The molecule has 0 fully saturated rings. The molecule has 1 amide bonds. The van der Waals surface area contributed by atoms with Crippen LogP contribution in [0, 0.1) is 0 Å². The Bertz CT molecular complexity index is 894. The lowest BCUT2D eigenvalue weighted by Gasteiger charge is -2.13. The number of amides is 1. The number of anilines is 1. The zero-order valence-corrected chi connectivity index (χ0v) is 13.9. The molecule has 2 heterocycles. The summed E-state index contributed by atoms with van der Waals surface area (Å²) in [6.45, 7) is 0.392. The average Bonchev–Trinajstić information content (AvgIpc) is 3.19. The van der Waals surface area contributed by atoms with Crippen molar-refractivity contribution in [3.05, 3.63) is 66.0 Å². The average molecular weight is 376 g/mol. The summed E-state index contributed by atoms with van der Waals surface area (Å²) in [5.74, 6) is 0.225. The summed E-state index contributed by atoms with van der Waals surface area (Å²) in [6.07, 6.45) is -1.24. The van der Waals surface area contributed by atoms with Gasteiger partial charge in [-0.05, 0) is 30.3 Å². The molecule has 2 aromatic heterocycles. The summed E-state index contributed by atoms with van der Waals surface area (Å²) >= 11 is 0. The number of carbonyl (C=O) groups is 1. The number of alkyl halides is 3. The van der Waals surface area contributed by atoms with Crippen molar-refractivity contribution in [1.29, 1.82) is 0 Å². The first kappa shape index (κ1) is 18.4. The number of hydrogen-bond acceptors (Lipinski definition) is 5. The molecule has 10 heteroatoms. The van der Waals surface area contributed by atoms with Gasteiger partial charge < -0.3 is 10.6 Å². The Kier molecular flexibility index (Phi) is 5.34. The van der Waals surface area contributed by atoms with Crippen LogP contribution in [0.2, 0.25) is 0 Å². The molecule has 0 bridgehead atoms. The number of carbonyl (C=O) groups excluding carboxylic acids is 1. The van der Waals surface area contributed by atoms with Crippen LogP contribution >= 0.6 is 0 Å². The highest BCUT2D eigenvalue weighted by Crippen LogP contribution is 2.31. The second kappa shape index (κ2) is 7.85. The first-order chi connectivity index (χ1) is 12.9. The van der Waals surface area contributed by atoms with Gasteiger partial charge in [-0.1, -0.05) is 12.1 Å². The Morgan fingerprint density at radius 1 is 1.04 bits per heavy atom. The molecular weight excluding hydrogens is 361 g/mol. The number of rotatable bonds is 6. The van der Waals surface area contributed by atoms with Crippen molar-refractivity contribution in [2.45, 2.75) is 6.18 Å². The van der Waals surface area contributed by atoms with E-state index >= 15 is 0 Å². The molecule has 3 rings (SSSR count). The summed E-state index contributed by atoms with van der Waals surface area (Å²) < 4.78 is 40.4. The first-order valence-electron chi connectivity index (χ1n) is 7.97. The van der Waals surface area contributed by atoms with Crippen LogP contribution < -0.4 is 10.6 Å². The van der Waals surface area contributed by atoms with E-state index in [-0.39, 0.29) is 13.1 Å². The van der Waals surface area contributed by atoms with E-state index in [1.54, 1.807) is 35.3 Å². The van der Waals surface area contributed by atoms with Gasteiger partial charge in [-0.15, -0.1) is 10.2 Å². The molecule has 2 N–H and O–H groups in total. The Morgan fingerprint density at radius 2 is 1.85 bits per heavy atom. The summed E-state index contributed by atoms with van der Waals surface area (Å²) in [6, 6.07) is 9.81. The molecule has 0 aliphatic rings. The van der Waals surface area contributed by atoms with Crippen LogP contribution in [0.4, 0.5) is 19.0 Å². The number of aromatic nitrogens is 4. The maximum Gasteiger partial charge on any atom is 0.417 e. The third-order valence-corrected chi connectivity index (χ3v) is 3.58. The Morgan fingerprint density at radius 3 is 2.52 bits per heavy atom. The highest BCUT2D eigenvalue weighted by molar-refractivity contribution is 5.95. The van der Waals surface area contributed by atoms with Crippen molar-refractivity contribution < 1.29 is 18.0 Å². The smallest absolute Gasteiger partial charge is 0.367 e. The molecule has 0 radical (unpaired) electrons. The molecule has 0 saturated carbocycles. The van der Waals surface area contributed by atoms with Crippen LogP contribution in [0.3, 0.4) is 0 Å². The highest BCUT2D eigenvalue weighted by Gasteiger charge is 2.34. The van der Waals surface area contributed by atoms with E-state index in [1.165, 1.54) is 12.1 Å². The minimum absolute atomic E-state index is 0.119. The van der Waals surface area contributed by atoms with Gasteiger partial charge in [-0.25, -0.2) is 4.68 Å². The zero-order chi connectivity index (χ0) is 19.3. The minimum Gasteiger partial charge on any atom is -0.367 e. The standard InChI is InChI=1S/C17H15F3N6O/c18-17(19,20)13-5-2-1-4-12(13)16(27)22-10-9-21-14-6-7-15(25-24-14)26-11-3-8-23-26/h1-8,11H,9-10H2,(H,21,24)(H,22,27). The molecule has 1 aromatic carbocycles. The van der Waals surface area contributed by atoms with Gasteiger partial charge in [0.15, 0.2) is 5.82 Å². The topological polar surface area (TPSA) is 84.7 Å². The van der Waals surface area contributed by atoms with E-state index in [2.05, 4.69) is 25.9 Å². The lowest BCUT2D eigenvalue weighted by atomic mass is 10.1. The summed E-state index contributed by atoms with van der Waals surface area (Å²) in [5, 5.41) is 17.4. The Balaban J connectivity index is 1.51. The maximum absolute atomic E-state index is 12.9. The SMILES string of the molecule is O=C(NCCNc1ccc(-n2cccn2)nn1)c1ccccc1C(F)(F)F. The van der Waals surface area contributed by atoms with Crippen molar-refractivity contribution in [3.63, 3.8) is 0 Å². The molecule has 140 valence electrons. The molecule has 0 spiro atoms. The number of benzene rings is 1. The van der Waals surface area contributed by atoms with Crippen molar-refractivity contribution in [1.82, 2.24) is 25.3 Å². The summed E-state index contributed by atoms with van der Waals surface area (Å²) in [7, 11) is 0. The summed E-state index contributed by atoms with van der Waals surface area (Å²) in [5.41, 5.74) is -1.37. The Labute approximate surface area is 152 Å². The number of hydrogen-bond donors (Lipinski definition) is 2. The molecule has 7 nitrogen and oxygen atoms in total. The number of halogens is 3. The largest absolute Gasteiger partial charge is 0.417 e. The number of nitrogens with one attached hydrogen (secondary N) is 2. The minimum atomic E-state index is -4.59. The van der Waals surface area contributed by atoms with Gasteiger partial charge in [0, 0.05) is 25.5 Å². The van der Waals surface area contributed by atoms with Crippen LogP contribution in [0.25, 0.3) is 5.82 Å². The van der Waals surface area contributed by atoms with Crippen LogP contribution in [0.15, 0.2) is 54.9 Å². The van der Waals surface area contributed by atoms with E-state index in [0.717, 1.165) is 12.1 Å². The van der Waals surface area contributed by atoms with Crippen molar-refractivity contribution >= 4 is 11.7 Å². The van der Waals surface area contributed by atoms with Gasteiger partial charge in [0.25, 0.3) is 5.91 Å². The van der Waals surface area contributed by atoms with Gasteiger partial charge >= 0.3 is 6.18 Å². The van der Waals surface area contributed by atoms with Gasteiger partial charge in [0.2, 0.25) is 0 Å². The van der Waals surface area contributed by atoms with Crippen LogP contribution in [-0.4, -0.2) is 39.0 Å². The molecule has 0 unspecified atom stereocenters. The van der Waals surface area contributed by atoms with E-state index in [4.69, 9.17) is 0 Å². The fourth-order valence-electron chi connectivity index (χ4n) is 2.34. The van der Waals surface area contributed by atoms with Crippen molar-refractivity contribution in [3.8, 4) is 5.82 Å². The van der Waals surface area contributed by atoms with E-state index in [9.17, 15) is 18.0 Å². The normalized spacial score (nSPS) is 11.2. The van der Waals surface area contributed by atoms with E-state index in [0.29, 0.717) is 11.6 Å². The molecule has 0 saturated heterocycles. The quantitative estimate of drug-likeness (QED) is 0.646. The third-order valence-electron chi connectivity index (χ3n) is 3.58. The lowest BCUT2D eigenvalue weighted by Crippen LogP contribution is -2.30. The van der Waals surface area contributed by atoms with Gasteiger partial charge in [-0.2, -0.15) is 18.3 Å². The Hall–Kier alpha value is -3.43. The lowest BCUT2D eigenvalue weighted by molar-refractivity contribution is -0.137. The van der Waals surface area contributed by atoms with Crippen LogP contribution in [0.1, 0.15) is 15.9 Å². The monoisotopic (exact) mass is 376 g/mol. The van der Waals surface area contributed by atoms with E-state index in [1.807, 2.05) is 0 Å². The van der Waals surface area contributed by atoms with Crippen molar-refractivity contribution in [2.75, 3.05) is 18.4 Å². The fraction of sp³-hybridized carbons (Fsp3) is 0.176. The van der Waals surface area contributed by atoms with Crippen LogP contribution in [0.5, 0.6) is 0 Å². The molecule has 0 atom stereocenters. The molecule has 27 heavy (non-hydrogen) atoms. The van der Waals surface area contributed by atoms with Crippen molar-refractivity contribution in [2.24, 2.45) is 0 Å². The maximum atomic E-state index is 12.9. The molecule has 0 aliphatic heterocycles. The number of nitrogens with zero attached hydrogens (tertiary/aromatic N) is 4. The molecular formula is C17H15F3N6O.